The Morgan fingerprint density at radius 2 is 1.79 bits per heavy atom. The van der Waals surface area contributed by atoms with Crippen LogP contribution in [0.25, 0.3) is 0 Å². The molecule has 0 aromatic heterocycles. The molecule has 4 nitrogen and oxygen atoms in total. The van der Waals surface area contributed by atoms with E-state index < -0.39 is 0 Å². The van der Waals surface area contributed by atoms with Crippen LogP contribution in [0, 0.1) is 11.3 Å². The number of carbonyl (C=O) groups excluding carboxylic acids is 2. The van der Waals surface area contributed by atoms with Crippen LogP contribution in [0.2, 0.25) is 0 Å². The maximum absolute atomic E-state index is 12.4. The summed E-state index contributed by atoms with van der Waals surface area (Å²) >= 11 is 0. The van der Waals surface area contributed by atoms with Crippen molar-refractivity contribution in [3.05, 3.63) is 60.2 Å². The van der Waals surface area contributed by atoms with Crippen LogP contribution in [0.1, 0.15) is 56.9 Å². The van der Waals surface area contributed by atoms with E-state index in [1.54, 1.807) is 0 Å². The summed E-state index contributed by atoms with van der Waals surface area (Å²) in [4.78, 5) is 24.6. The van der Waals surface area contributed by atoms with E-state index in [0.717, 1.165) is 37.7 Å². The molecule has 1 aromatic carbocycles. The second-order valence-electron chi connectivity index (χ2n) is 8.02. The molecule has 0 heterocycles. The van der Waals surface area contributed by atoms with Gasteiger partial charge >= 0.3 is 11.9 Å². The molecular weight excluding hydrogens is 352 g/mol. The van der Waals surface area contributed by atoms with E-state index in [0.29, 0.717) is 32.5 Å². The molecule has 28 heavy (non-hydrogen) atoms. The molecule has 1 fully saturated rings. The van der Waals surface area contributed by atoms with Gasteiger partial charge in [-0.05, 0) is 36.7 Å². The second-order valence-corrected chi connectivity index (χ2v) is 8.02. The third-order valence-electron chi connectivity index (χ3n) is 5.81. The van der Waals surface area contributed by atoms with Crippen LogP contribution in [0.3, 0.4) is 0 Å². The van der Waals surface area contributed by atoms with E-state index in [4.69, 9.17) is 9.47 Å². The Kier molecular flexibility index (Phi) is 7.46. The van der Waals surface area contributed by atoms with Gasteiger partial charge in [0.15, 0.2) is 0 Å². The van der Waals surface area contributed by atoms with Crippen molar-refractivity contribution in [3.63, 3.8) is 0 Å². The Hall–Kier alpha value is -2.36. The highest BCUT2D eigenvalue weighted by Gasteiger charge is 2.37. The average Bonchev–Trinajstić information content (AvgIpc) is 3.19. The first-order valence-corrected chi connectivity index (χ1v) is 10.3. The molecular formula is C24H30O4. The first kappa shape index (κ1) is 20.4. The number of carbonyl (C=O) groups is 2. The fourth-order valence-corrected chi connectivity index (χ4v) is 4.13. The van der Waals surface area contributed by atoms with Gasteiger partial charge in [0.05, 0.1) is 13.0 Å². The molecule has 0 amide bonds. The smallest absolute Gasteiger partial charge is 0.306 e. The van der Waals surface area contributed by atoms with Crippen molar-refractivity contribution >= 4 is 11.9 Å². The van der Waals surface area contributed by atoms with Gasteiger partial charge in [-0.25, -0.2) is 0 Å². The molecule has 0 aliphatic heterocycles. The Morgan fingerprint density at radius 3 is 2.50 bits per heavy atom. The number of esters is 2. The maximum atomic E-state index is 12.4. The number of hydrogen-bond donors (Lipinski definition) is 0. The zero-order chi connectivity index (χ0) is 19.7. The molecule has 0 N–H and O–H groups in total. The Labute approximate surface area is 167 Å². The first-order valence-electron chi connectivity index (χ1n) is 10.3. The summed E-state index contributed by atoms with van der Waals surface area (Å²) < 4.78 is 10.9. The lowest BCUT2D eigenvalue weighted by atomic mass is 9.78. The molecule has 0 spiro atoms. The predicted octanol–water partition coefficient (Wildman–Crippen LogP) is 5.14. The molecule has 0 bridgehead atoms. The number of benzene rings is 1. The van der Waals surface area contributed by atoms with Crippen LogP contribution >= 0.6 is 0 Å². The van der Waals surface area contributed by atoms with Gasteiger partial charge in [-0.3, -0.25) is 9.59 Å². The SMILES string of the molecule is O=C(CCC1(CC(=O)OCc2ccccc2)CCCC1)OCC1C=CC=CC1. The van der Waals surface area contributed by atoms with Gasteiger partial charge in [-0.1, -0.05) is 67.5 Å². The molecule has 1 atom stereocenters. The summed E-state index contributed by atoms with van der Waals surface area (Å²) in [5.41, 5.74) is 0.881. The lowest BCUT2D eigenvalue weighted by Crippen LogP contribution is -2.24. The van der Waals surface area contributed by atoms with Gasteiger partial charge in [0.1, 0.15) is 6.61 Å². The largest absolute Gasteiger partial charge is 0.465 e. The minimum atomic E-state index is -0.168. The number of hydrogen-bond acceptors (Lipinski definition) is 4. The van der Waals surface area contributed by atoms with Crippen LogP contribution in [-0.4, -0.2) is 18.5 Å². The number of allylic oxidation sites excluding steroid dienone is 3. The lowest BCUT2D eigenvalue weighted by Gasteiger charge is -2.27. The van der Waals surface area contributed by atoms with Gasteiger partial charge in [0, 0.05) is 12.3 Å². The number of rotatable bonds is 9. The first-order chi connectivity index (χ1) is 13.7. The molecule has 1 aromatic rings. The quantitative estimate of drug-likeness (QED) is 0.555. The van der Waals surface area contributed by atoms with Crippen molar-refractivity contribution in [2.75, 3.05) is 6.61 Å². The summed E-state index contributed by atoms with van der Waals surface area (Å²) in [5, 5.41) is 0. The fourth-order valence-electron chi connectivity index (χ4n) is 4.13. The van der Waals surface area contributed by atoms with E-state index >= 15 is 0 Å². The van der Waals surface area contributed by atoms with Crippen LogP contribution in [0.4, 0.5) is 0 Å². The summed E-state index contributed by atoms with van der Waals surface area (Å²) in [6.45, 7) is 0.743. The van der Waals surface area contributed by atoms with Crippen LogP contribution in [0.15, 0.2) is 54.6 Å². The van der Waals surface area contributed by atoms with E-state index in [1.807, 2.05) is 42.5 Å². The Bertz CT molecular complexity index is 699. The van der Waals surface area contributed by atoms with E-state index in [9.17, 15) is 9.59 Å². The summed E-state index contributed by atoms with van der Waals surface area (Å²) in [7, 11) is 0. The van der Waals surface area contributed by atoms with Crippen LogP contribution < -0.4 is 0 Å². The summed E-state index contributed by atoms with van der Waals surface area (Å²) in [6.07, 6.45) is 14.8. The molecule has 2 aliphatic rings. The Balaban J connectivity index is 1.42. The summed E-state index contributed by atoms with van der Waals surface area (Å²) in [5.74, 6) is -0.0486. The second kappa shape index (κ2) is 10.3. The van der Waals surface area contributed by atoms with E-state index in [-0.39, 0.29) is 23.3 Å². The summed E-state index contributed by atoms with van der Waals surface area (Å²) in [6, 6.07) is 9.72. The monoisotopic (exact) mass is 382 g/mol. The highest BCUT2D eigenvalue weighted by Crippen LogP contribution is 2.45. The van der Waals surface area contributed by atoms with Crippen molar-refractivity contribution in [3.8, 4) is 0 Å². The van der Waals surface area contributed by atoms with Gasteiger partial charge in [-0.15, -0.1) is 0 Å². The van der Waals surface area contributed by atoms with Gasteiger partial charge in [-0.2, -0.15) is 0 Å². The minimum absolute atomic E-state index is 0.111. The van der Waals surface area contributed by atoms with Crippen molar-refractivity contribution in [1.82, 2.24) is 0 Å². The van der Waals surface area contributed by atoms with E-state index in [2.05, 4.69) is 12.2 Å². The molecule has 0 radical (unpaired) electrons. The highest BCUT2D eigenvalue weighted by atomic mass is 16.5. The average molecular weight is 383 g/mol. The minimum Gasteiger partial charge on any atom is -0.465 e. The van der Waals surface area contributed by atoms with Gasteiger partial charge < -0.3 is 9.47 Å². The fraction of sp³-hybridized carbons (Fsp3) is 0.500. The zero-order valence-corrected chi connectivity index (χ0v) is 16.5. The molecule has 2 aliphatic carbocycles. The molecule has 150 valence electrons. The zero-order valence-electron chi connectivity index (χ0n) is 16.5. The predicted molar refractivity (Wildman–Crippen MR) is 108 cm³/mol. The Morgan fingerprint density at radius 1 is 1.00 bits per heavy atom. The van der Waals surface area contributed by atoms with E-state index in [1.165, 1.54) is 0 Å². The third-order valence-corrected chi connectivity index (χ3v) is 5.81. The van der Waals surface area contributed by atoms with Crippen molar-refractivity contribution in [2.24, 2.45) is 11.3 Å². The topological polar surface area (TPSA) is 52.6 Å². The van der Waals surface area contributed by atoms with Crippen molar-refractivity contribution in [1.29, 1.82) is 0 Å². The van der Waals surface area contributed by atoms with Gasteiger partial charge in [0.25, 0.3) is 0 Å². The molecule has 3 rings (SSSR count). The normalized spacial score (nSPS) is 20.1. The molecule has 1 unspecified atom stereocenters. The lowest BCUT2D eigenvalue weighted by molar-refractivity contribution is -0.150. The molecule has 4 heteroatoms. The highest BCUT2D eigenvalue weighted by molar-refractivity contribution is 5.71. The van der Waals surface area contributed by atoms with Crippen molar-refractivity contribution in [2.45, 2.75) is 58.0 Å². The van der Waals surface area contributed by atoms with Crippen molar-refractivity contribution < 1.29 is 19.1 Å². The van der Waals surface area contributed by atoms with Crippen LogP contribution in [-0.2, 0) is 25.7 Å². The maximum Gasteiger partial charge on any atom is 0.306 e. The van der Waals surface area contributed by atoms with Gasteiger partial charge in [0.2, 0.25) is 0 Å². The molecule has 1 saturated carbocycles. The molecule has 0 saturated heterocycles. The van der Waals surface area contributed by atoms with Crippen LogP contribution in [0.5, 0.6) is 0 Å². The number of ether oxygens (including phenoxy) is 2. The third kappa shape index (κ3) is 6.36. The standard InChI is InChI=1S/C24H30O4/c25-22(27-18-20-9-3-1-4-10-20)13-16-24(14-7-8-15-24)17-23(26)28-19-21-11-5-2-6-12-21/h1-6,9,11-12,20H,7-8,10,13-19H2.